The Bertz CT molecular complexity index is 1420. The van der Waals surface area contributed by atoms with Crippen molar-refractivity contribution in [2.45, 2.75) is 38.5 Å². The number of nitrogens with one attached hydrogen (secondary N) is 1. The maximum absolute atomic E-state index is 14.0. The number of sulfonamides is 1. The summed E-state index contributed by atoms with van der Waals surface area (Å²) in [5.41, 5.74) is 3.07. The number of nitrogens with zero attached hydrogens (tertiary/aromatic N) is 2. The van der Waals surface area contributed by atoms with Crippen LogP contribution in [0.5, 0.6) is 0 Å². The monoisotopic (exact) mass is 515 g/mol. The number of benzene rings is 2. The highest BCUT2D eigenvalue weighted by molar-refractivity contribution is 7.89. The molecule has 7 nitrogen and oxygen atoms in total. The van der Waals surface area contributed by atoms with Gasteiger partial charge in [0.05, 0.1) is 0 Å². The fourth-order valence-electron chi connectivity index (χ4n) is 4.21. The fraction of sp³-hybridized carbons (Fsp3) is 0.308. The van der Waals surface area contributed by atoms with E-state index in [0.29, 0.717) is 12.8 Å². The van der Waals surface area contributed by atoms with Crippen molar-refractivity contribution in [1.82, 2.24) is 9.46 Å². The molecule has 1 amide bonds. The SMILES string of the molecule is Cc1cccc(NC(=O)C2CCN(S(=O)(=O)c3c(C)noc3C=Cc3ccc(F)cc3F)CC2)c1C. The van der Waals surface area contributed by atoms with Gasteiger partial charge in [0, 0.05) is 36.3 Å². The van der Waals surface area contributed by atoms with Gasteiger partial charge in [0.2, 0.25) is 15.9 Å². The molecular weight excluding hydrogens is 488 g/mol. The molecule has 0 atom stereocenters. The van der Waals surface area contributed by atoms with E-state index < -0.39 is 21.7 Å². The molecule has 4 rings (SSSR count). The van der Waals surface area contributed by atoms with Crippen molar-refractivity contribution in [3.8, 4) is 0 Å². The Morgan fingerprint density at radius 3 is 2.53 bits per heavy atom. The standard InChI is InChI=1S/C26H27F2N3O4S/c1-16-5-4-6-23(17(16)2)29-26(32)20-11-13-31(14-12-20)36(33,34)25-18(3)30-35-24(25)10-8-19-7-9-21(27)15-22(19)28/h4-10,15,20H,11-14H2,1-3H3,(H,29,32). The molecule has 190 valence electrons. The van der Waals surface area contributed by atoms with E-state index in [0.717, 1.165) is 28.9 Å². The van der Waals surface area contributed by atoms with E-state index in [4.69, 9.17) is 4.52 Å². The zero-order chi connectivity index (χ0) is 26.0. The van der Waals surface area contributed by atoms with Crippen LogP contribution in [0.4, 0.5) is 14.5 Å². The van der Waals surface area contributed by atoms with E-state index in [1.165, 1.54) is 29.4 Å². The van der Waals surface area contributed by atoms with Gasteiger partial charge in [-0.15, -0.1) is 0 Å². The van der Waals surface area contributed by atoms with Crippen LogP contribution in [-0.2, 0) is 14.8 Å². The fourth-order valence-corrected chi connectivity index (χ4v) is 5.93. The first-order chi connectivity index (χ1) is 17.1. The highest BCUT2D eigenvalue weighted by Crippen LogP contribution is 2.30. The second kappa shape index (κ2) is 10.3. The summed E-state index contributed by atoms with van der Waals surface area (Å²) in [6, 6.07) is 8.79. The summed E-state index contributed by atoms with van der Waals surface area (Å²) in [5, 5.41) is 6.75. The first-order valence-electron chi connectivity index (χ1n) is 11.5. The molecule has 1 fully saturated rings. The summed E-state index contributed by atoms with van der Waals surface area (Å²) in [6.07, 6.45) is 3.34. The number of hydrogen-bond donors (Lipinski definition) is 1. The van der Waals surface area contributed by atoms with E-state index >= 15 is 0 Å². The van der Waals surface area contributed by atoms with Crippen LogP contribution < -0.4 is 5.32 Å². The van der Waals surface area contributed by atoms with Gasteiger partial charge in [-0.05, 0) is 75.1 Å². The van der Waals surface area contributed by atoms with E-state index in [1.54, 1.807) is 0 Å². The molecule has 0 bridgehead atoms. The quantitative estimate of drug-likeness (QED) is 0.494. The number of halogens is 2. The highest BCUT2D eigenvalue weighted by Gasteiger charge is 2.36. The minimum atomic E-state index is -3.98. The maximum Gasteiger partial charge on any atom is 0.248 e. The minimum Gasteiger partial charge on any atom is -0.355 e. The van der Waals surface area contributed by atoms with Gasteiger partial charge in [-0.1, -0.05) is 17.3 Å². The largest absolute Gasteiger partial charge is 0.355 e. The molecule has 3 aromatic rings. The smallest absolute Gasteiger partial charge is 0.248 e. The third-order valence-corrected chi connectivity index (χ3v) is 8.55. The Kier molecular flexibility index (Phi) is 7.37. The summed E-state index contributed by atoms with van der Waals surface area (Å²) in [6.45, 7) is 5.75. The molecule has 10 heteroatoms. The Balaban J connectivity index is 1.47. The second-order valence-electron chi connectivity index (χ2n) is 8.88. The van der Waals surface area contributed by atoms with Gasteiger partial charge >= 0.3 is 0 Å². The molecule has 1 aromatic heterocycles. The predicted molar refractivity (Wildman–Crippen MR) is 133 cm³/mol. The molecule has 1 saturated heterocycles. The van der Waals surface area contributed by atoms with Crippen molar-refractivity contribution < 1.29 is 26.5 Å². The molecule has 0 radical (unpaired) electrons. The topological polar surface area (TPSA) is 92.5 Å². The number of aryl methyl sites for hydroxylation is 2. The van der Waals surface area contributed by atoms with Crippen LogP contribution in [0.15, 0.2) is 45.8 Å². The zero-order valence-corrected chi connectivity index (χ0v) is 21.0. The van der Waals surface area contributed by atoms with E-state index in [9.17, 15) is 22.0 Å². The number of aromatic nitrogens is 1. The highest BCUT2D eigenvalue weighted by atomic mass is 32.2. The summed E-state index contributed by atoms with van der Waals surface area (Å²) in [7, 11) is -3.98. The third-order valence-electron chi connectivity index (χ3n) is 6.50. The maximum atomic E-state index is 14.0. The number of piperidine rings is 1. The number of carbonyl (C=O) groups excluding carboxylic acids is 1. The van der Waals surface area contributed by atoms with Crippen molar-refractivity contribution in [1.29, 1.82) is 0 Å². The summed E-state index contributed by atoms with van der Waals surface area (Å²) < 4.78 is 60.5. The number of amides is 1. The Hall–Kier alpha value is -3.37. The third kappa shape index (κ3) is 5.24. The van der Waals surface area contributed by atoms with Crippen LogP contribution in [0.25, 0.3) is 12.2 Å². The van der Waals surface area contributed by atoms with Crippen LogP contribution in [-0.4, -0.2) is 36.9 Å². The van der Waals surface area contributed by atoms with Crippen LogP contribution in [0.2, 0.25) is 0 Å². The van der Waals surface area contributed by atoms with Gasteiger partial charge in [0.1, 0.15) is 17.3 Å². The molecule has 0 unspecified atom stereocenters. The van der Waals surface area contributed by atoms with Crippen LogP contribution in [0.3, 0.4) is 0 Å². The van der Waals surface area contributed by atoms with Crippen LogP contribution in [0.1, 0.15) is 41.0 Å². The molecule has 2 aromatic carbocycles. The number of rotatable bonds is 6. The zero-order valence-electron chi connectivity index (χ0n) is 20.2. The average molecular weight is 516 g/mol. The molecule has 2 heterocycles. The van der Waals surface area contributed by atoms with Crippen LogP contribution >= 0.6 is 0 Å². The number of carbonyl (C=O) groups is 1. The molecule has 36 heavy (non-hydrogen) atoms. The molecule has 1 N–H and O–H groups in total. The molecule has 1 aliphatic rings. The lowest BCUT2D eigenvalue weighted by Gasteiger charge is -2.30. The van der Waals surface area contributed by atoms with Crippen molar-refractivity contribution in [2.75, 3.05) is 18.4 Å². The van der Waals surface area contributed by atoms with Crippen molar-refractivity contribution in [3.63, 3.8) is 0 Å². The summed E-state index contributed by atoms with van der Waals surface area (Å²) >= 11 is 0. The number of anilines is 1. The van der Waals surface area contributed by atoms with Gasteiger partial charge in [-0.3, -0.25) is 4.79 Å². The predicted octanol–water partition coefficient (Wildman–Crippen LogP) is 5.09. The van der Waals surface area contributed by atoms with Gasteiger partial charge in [-0.2, -0.15) is 4.31 Å². The second-order valence-corrected chi connectivity index (χ2v) is 10.8. The van der Waals surface area contributed by atoms with Gasteiger partial charge in [0.15, 0.2) is 10.7 Å². The summed E-state index contributed by atoms with van der Waals surface area (Å²) in [5.74, 6) is -2.00. The molecule has 1 aliphatic heterocycles. The van der Waals surface area contributed by atoms with Crippen molar-refractivity contribution in [2.24, 2.45) is 5.92 Å². The number of hydrogen-bond acceptors (Lipinski definition) is 5. The summed E-state index contributed by atoms with van der Waals surface area (Å²) in [4.78, 5) is 12.7. The molecular formula is C26H27F2N3O4S. The Morgan fingerprint density at radius 1 is 1.11 bits per heavy atom. The van der Waals surface area contributed by atoms with E-state index in [1.807, 2.05) is 32.0 Å². The van der Waals surface area contributed by atoms with E-state index in [-0.39, 0.29) is 46.8 Å². The first kappa shape index (κ1) is 25.7. The first-order valence-corrected chi connectivity index (χ1v) is 13.0. The van der Waals surface area contributed by atoms with Crippen molar-refractivity contribution in [3.05, 3.63) is 76.2 Å². The lowest BCUT2D eigenvalue weighted by atomic mass is 9.97. The average Bonchev–Trinajstić information content (AvgIpc) is 3.22. The lowest BCUT2D eigenvalue weighted by molar-refractivity contribution is -0.120. The van der Waals surface area contributed by atoms with Gasteiger partial charge in [0.25, 0.3) is 0 Å². The molecule has 0 spiro atoms. The molecule has 0 aliphatic carbocycles. The lowest BCUT2D eigenvalue weighted by Crippen LogP contribution is -2.41. The Morgan fingerprint density at radius 2 is 1.83 bits per heavy atom. The Labute approximate surface area is 208 Å². The van der Waals surface area contributed by atoms with Crippen LogP contribution in [0, 0.1) is 38.3 Å². The minimum absolute atomic E-state index is 0.0500. The van der Waals surface area contributed by atoms with Gasteiger partial charge in [-0.25, -0.2) is 17.2 Å². The van der Waals surface area contributed by atoms with Crippen molar-refractivity contribution >= 4 is 33.8 Å². The van der Waals surface area contributed by atoms with E-state index in [2.05, 4.69) is 10.5 Å². The van der Waals surface area contributed by atoms with Gasteiger partial charge < -0.3 is 9.84 Å². The molecule has 0 saturated carbocycles. The normalized spacial score (nSPS) is 15.5.